The van der Waals surface area contributed by atoms with Crippen LogP contribution in [-0.4, -0.2) is 20.8 Å². The number of non-ortho nitro benzene ring substituents is 1. The Morgan fingerprint density at radius 1 is 1.10 bits per heavy atom. The van der Waals surface area contributed by atoms with Crippen LogP contribution in [0.5, 0.6) is 0 Å². The van der Waals surface area contributed by atoms with E-state index in [0.717, 1.165) is 32.8 Å². The van der Waals surface area contributed by atoms with E-state index in [-0.39, 0.29) is 11.6 Å². The molecule has 2 aromatic heterocycles. The van der Waals surface area contributed by atoms with Crippen molar-refractivity contribution in [2.24, 2.45) is 0 Å². The third-order valence-electron chi connectivity index (χ3n) is 4.75. The summed E-state index contributed by atoms with van der Waals surface area (Å²) in [5, 5.41) is 14.3. The lowest BCUT2D eigenvalue weighted by molar-refractivity contribution is -0.384. The number of nitrogens with zero attached hydrogens (tertiary/aromatic N) is 3. The first-order valence-electron chi connectivity index (χ1n) is 9.47. The number of nitro groups is 1. The summed E-state index contributed by atoms with van der Waals surface area (Å²) in [4.78, 5) is 32.7. The zero-order chi connectivity index (χ0) is 22.0. The molecule has 0 radical (unpaired) electrons. The maximum atomic E-state index is 12.6. The van der Waals surface area contributed by atoms with Gasteiger partial charge in [-0.15, -0.1) is 0 Å². The zero-order valence-corrected chi connectivity index (χ0v) is 17.6. The molecule has 0 bridgehead atoms. The van der Waals surface area contributed by atoms with Crippen molar-refractivity contribution in [2.45, 2.75) is 13.8 Å². The van der Waals surface area contributed by atoms with Crippen molar-refractivity contribution in [1.82, 2.24) is 9.97 Å². The van der Waals surface area contributed by atoms with Gasteiger partial charge in [-0.05, 0) is 49.2 Å². The summed E-state index contributed by atoms with van der Waals surface area (Å²) in [5.41, 5.74) is 5.10. The highest BCUT2D eigenvalue weighted by Crippen LogP contribution is 2.40. The van der Waals surface area contributed by atoms with Crippen molar-refractivity contribution in [3.05, 3.63) is 93.8 Å². The van der Waals surface area contributed by atoms with E-state index in [1.54, 1.807) is 30.5 Å². The Kier molecular flexibility index (Phi) is 5.55. The lowest BCUT2D eigenvalue weighted by atomic mass is 10.0. The molecule has 31 heavy (non-hydrogen) atoms. The first kappa shape index (κ1) is 20.4. The molecule has 0 saturated carbocycles. The van der Waals surface area contributed by atoms with Gasteiger partial charge in [0, 0.05) is 30.1 Å². The van der Waals surface area contributed by atoms with Crippen LogP contribution in [0, 0.1) is 24.0 Å². The molecule has 1 amide bonds. The fourth-order valence-corrected chi connectivity index (χ4v) is 4.21. The van der Waals surface area contributed by atoms with Gasteiger partial charge in [0.2, 0.25) is 0 Å². The number of pyridine rings is 1. The lowest BCUT2D eigenvalue weighted by Gasteiger charge is -2.07. The number of hydrogen-bond donors (Lipinski definition) is 1. The minimum absolute atomic E-state index is 0.0198. The van der Waals surface area contributed by atoms with Crippen LogP contribution in [0.4, 0.5) is 10.8 Å². The van der Waals surface area contributed by atoms with Gasteiger partial charge in [0.1, 0.15) is 0 Å². The number of hydrogen-bond acceptors (Lipinski definition) is 6. The second-order valence-electron chi connectivity index (χ2n) is 7.01. The predicted molar refractivity (Wildman–Crippen MR) is 121 cm³/mol. The summed E-state index contributed by atoms with van der Waals surface area (Å²) >= 11 is 1.32. The molecular weight excluding hydrogens is 412 g/mol. The van der Waals surface area contributed by atoms with Gasteiger partial charge in [-0.25, -0.2) is 4.98 Å². The number of nitrogens with one attached hydrogen (secondary N) is 1. The van der Waals surface area contributed by atoms with E-state index in [1.165, 1.54) is 29.7 Å². The summed E-state index contributed by atoms with van der Waals surface area (Å²) in [5.74, 6) is -0.302. The van der Waals surface area contributed by atoms with E-state index in [4.69, 9.17) is 4.98 Å². The highest BCUT2D eigenvalue weighted by molar-refractivity contribution is 7.19. The average Bonchev–Trinajstić information content (AvgIpc) is 3.17. The minimum atomic E-state index is -0.430. The van der Waals surface area contributed by atoms with Crippen molar-refractivity contribution in [1.29, 1.82) is 0 Å². The summed E-state index contributed by atoms with van der Waals surface area (Å²) < 4.78 is 0. The normalized spacial score (nSPS) is 10.6. The Bertz CT molecular complexity index is 1270. The van der Waals surface area contributed by atoms with Crippen molar-refractivity contribution >= 4 is 28.1 Å². The Labute approximate surface area is 182 Å². The van der Waals surface area contributed by atoms with E-state index >= 15 is 0 Å². The highest BCUT2D eigenvalue weighted by Gasteiger charge is 2.19. The Morgan fingerprint density at radius 2 is 1.87 bits per heavy atom. The molecule has 2 heterocycles. The molecule has 4 rings (SSSR count). The van der Waals surface area contributed by atoms with Gasteiger partial charge in [-0.3, -0.25) is 25.2 Å². The number of aromatic nitrogens is 2. The van der Waals surface area contributed by atoms with Crippen molar-refractivity contribution < 1.29 is 9.72 Å². The maximum Gasteiger partial charge on any atom is 0.269 e. The second-order valence-corrected chi connectivity index (χ2v) is 8.01. The largest absolute Gasteiger partial charge is 0.298 e. The van der Waals surface area contributed by atoms with Crippen LogP contribution in [-0.2, 0) is 0 Å². The van der Waals surface area contributed by atoms with E-state index < -0.39 is 4.92 Å². The smallest absolute Gasteiger partial charge is 0.269 e. The monoisotopic (exact) mass is 430 g/mol. The maximum absolute atomic E-state index is 12.6. The van der Waals surface area contributed by atoms with Crippen LogP contribution in [0.15, 0.2) is 67.0 Å². The number of nitro benzene ring substituents is 1. The fraction of sp³-hybridized carbons (Fsp3) is 0.0870. The fourth-order valence-electron chi connectivity index (χ4n) is 3.23. The molecule has 8 heteroatoms. The van der Waals surface area contributed by atoms with Gasteiger partial charge in [-0.1, -0.05) is 35.1 Å². The van der Waals surface area contributed by atoms with E-state index in [2.05, 4.69) is 16.4 Å². The number of carbonyl (C=O) groups excluding carboxylic acids is 1. The summed E-state index contributed by atoms with van der Waals surface area (Å²) in [6.45, 7) is 4.03. The third-order valence-corrected chi connectivity index (χ3v) is 5.77. The number of aryl methyl sites for hydroxylation is 2. The molecule has 0 saturated heterocycles. The molecule has 154 valence electrons. The first-order chi connectivity index (χ1) is 14.9. The van der Waals surface area contributed by atoms with Crippen molar-refractivity contribution in [2.75, 3.05) is 5.32 Å². The molecule has 0 unspecified atom stereocenters. The molecule has 0 fully saturated rings. The topological polar surface area (TPSA) is 98.0 Å². The SMILES string of the molecule is Cc1ccc(-c2nc(NC(=O)c3cccnc3)sc2-c2ccc([N+](=O)[O-])cc2)c(C)c1. The molecule has 0 atom stereocenters. The van der Waals surface area contributed by atoms with Gasteiger partial charge in [0.25, 0.3) is 11.6 Å². The number of rotatable bonds is 5. The minimum Gasteiger partial charge on any atom is -0.298 e. The average molecular weight is 430 g/mol. The van der Waals surface area contributed by atoms with E-state index in [1.807, 2.05) is 26.0 Å². The molecule has 0 aliphatic rings. The van der Waals surface area contributed by atoms with Gasteiger partial charge >= 0.3 is 0 Å². The molecule has 0 aliphatic heterocycles. The number of anilines is 1. The van der Waals surface area contributed by atoms with Crippen LogP contribution in [0.2, 0.25) is 0 Å². The van der Waals surface area contributed by atoms with Gasteiger partial charge in [0.05, 0.1) is 21.1 Å². The number of amides is 1. The van der Waals surface area contributed by atoms with Crippen molar-refractivity contribution in [3.63, 3.8) is 0 Å². The molecular formula is C23H18N4O3S. The zero-order valence-electron chi connectivity index (χ0n) is 16.8. The molecule has 0 aliphatic carbocycles. The summed E-state index contributed by atoms with van der Waals surface area (Å²) in [6.07, 6.45) is 3.09. The van der Waals surface area contributed by atoms with Crippen LogP contribution < -0.4 is 5.32 Å². The molecule has 2 aromatic carbocycles. The van der Waals surface area contributed by atoms with Crippen LogP contribution in [0.1, 0.15) is 21.5 Å². The Hall–Kier alpha value is -3.91. The van der Waals surface area contributed by atoms with E-state index in [9.17, 15) is 14.9 Å². The molecule has 1 N–H and O–H groups in total. The Morgan fingerprint density at radius 3 is 2.52 bits per heavy atom. The van der Waals surface area contributed by atoms with Crippen molar-refractivity contribution in [3.8, 4) is 21.7 Å². The van der Waals surface area contributed by atoms with Gasteiger partial charge < -0.3 is 0 Å². The van der Waals surface area contributed by atoms with Crippen LogP contribution in [0.3, 0.4) is 0 Å². The van der Waals surface area contributed by atoms with Gasteiger partial charge in [0.15, 0.2) is 5.13 Å². The lowest BCUT2D eigenvalue weighted by Crippen LogP contribution is -2.11. The third kappa shape index (κ3) is 4.34. The highest BCUT2D eigenvalue weighted by atomic mass is 32.1. The number of carbonyl (C=O) groups is 1. The van der Waals surface area contributed by atoms with Crippen LogP contribution in [0.25, 0.3) is 21.7 Å². The quantitative estimate of drug-likeness (QED) is 0.326. The molecule has 7 nitrogen and oxygen atoms in total. The van der Waals surface area contributed by atoms with Crippen LogP contribution >= 0.6 is 11.3 Å². The molecule has 4 aromatic rings. The number of benzene rings is 2. The number of thiazole rings is 1. The molecule has 0 spiro atoms. The van der Waals surface area contributed by atoms with E-state index in [0.29, 0.717) is 10.7 Å². The van der Waals surface area contributed by atoms with Gasteiger partial charge in [-0.2, -0.15) is 0 Å². The first-order valence-corrected chi connectivity index (χ1v) is 10.3. The summed E-state index contributed by atoms with van der Waals surface area (Å²) in [7, 11) is 0. The standard InChI is InChI=1S/C23H18N4O3S/c1-14-5-10-19(15(2)12-14)20-21(16-6-8-18(9-7-16)27(29)30)31-23(25-20)26-22(28)17-4-3-11-24-13-17/h3-13H,1-2H3,(H,25,26,28). The summed E-state index contributed by atoms with van der Waals surface area (Å²) in [6, 6.07) is 15.8. The second kappa shape index (κ2) is 8.45. The predicted octanol–water partition coefficient (Wildman–Crippen LogP) is 5.65. The Balaban J connectivity index is 1.78.